The summed E-state index contributed by atoms with van der Waals surface area (Å²) in [7, 11) is 0. The van der Waals surface area contributed by atoms with Crippen LogP contribution >= 0.6 is 0 Å². The van der Waals surface area contributed by atoms with Crippen LogP contribution in [0, 0.1) is 40.7 Å². The Morgan fingerprint density at radius 1 is 0.788 bits per heavy atom. The largest absolute Gasteiger partial charge is 0.205 e. The molecule has 0 unspecified atom stereocenters. The Bertz CT molecular complexity index is 754. The van der Waals surface area contributed by atoms with Gasteiger partial charge in [0.25, 0.3) is 0 Å². The van der Waals surface area contributed by atoms with Gasteiger partial charge in [0, 0.05) is 0 Å². The molecule has 3 rings (SSSR count). The molecule has 0 aromatic heterocycles. The van der Waals surface area contributed by atoms with Gasteiger partial charge >= 0.3 is 0 Å². The molecule has 0 spiro atoms. The molecule has 1 nitrogen and oxygen atoms in total. The molecule has 0 atom stereocenters. The summed E-state index contributed by atoms with van der Waals surface area (Å²) >= 11 is 0. The summed E-state index contributed by atoms with van der Waals surface area (Å²) < 4.78 is 27.9. The molecule has 0 bridgehead atoms. The van der Waals surface area contributed by atoms with Crippen LogP contribution in [0.3, 0.4) is 0 Å². The van der Waals surface area contributed by atoms with Gasteiger partial charge in [-0.15, -0.1) is 0 Å². The number of halogens is 2. The van der Waals surface area contributed by atoms with E-state index < -0.39 is 17.2 Å². The molecule has 0 amide bonds. The molecule has 1 aromatic rings. The van der Waals surface area contributed by atoms with Crippen molar-refractivity contribution in [2.75, 3.05) is 0 Å². The van der Waals surface area contributed by atoms with Gasteiger partial charge in [-0.2, -0.15) is 5.26 Å². The third-order valence-corrected chi connectivity index (χ3v) is 8.18. The van der Waals surface area contributed by atoms with Crippen molar-refractivity contribution in [1.82, 2.24) is 0 Å². The number of nitrogens with zero attached hydrogens (tertiary/aromatic N) is 1. The number of unbranched alkanes of at least 4 members (excludes halogenated alkanes) is 6. The zero-order valence-corrected chi connectivity index (χ0v) is 20.6. The number of rotatable bonds is 11. The lowest BCUT2D eigenvalue weighted by Gasteiger charge is -2.29. The second kappa shape index (κ2) is 13.9. The molecule has 3 heteroatoms. The van der Waals surface area contributed by atoms with E-state index in [1.807, 2.05) is 0 Å². The summed E-state index contributed by atoms with van der Waals surface area (Å²) in [6.07, 6.45) is 25.8. The van der Waals surface area contributed by atoms with Crippen LogP contribution in [0.5, 0.6) is 0 Å². The Balaban J connectivity index is 1.32. The molecule has 0 N–H and O–H groups in total. The second-order valence-corrected chi connectivity index (χ2v) is 10.7. The number of benzene rings is 1. The smallest absolute Gasteiger partial charge is 0.144 e. The van der Waals surface area contributed by atoms with Crippen molar-refractivity contribution in [3.05, 3.63) is 47.0 Å². The average Bonchev–Trinajstić information content (AvgIpc) is 2.83. The second-order valence-electron chi connectivity index (χ2n) is 10.7. The zero-order chi connectivity index (χ0) is 23.5. The number of hydrogen-bond acceptors (Lipinski definition) is 1. The van der Waals surface area contributed by atoms with Gasteiger partial charge < -0.3 is 0 Å². The highest BCUT2D eigenvalue weighted by Crippen LogP contribution is 2.38. The van der Waals surface area contributed by atoms with Gasteiger partial charge in [-0.25, -0.2) is 8.78 Å². The molecule has 0 heterocycles. The molecule has 2 aliphatic carbocycles. The minimum atomic E-state index is -0.725. The summed E-state index contributed by atoms with van der Waals surface area (Å²) in [6.45, 7) is 2.28. The summed E-state index contributed by atoms with van der Waals surface area (Å²) in [5.74, 6) is 1.05. The van der Waals surface area contributed by atoms with E-state index >= 15 is 0 Å². The molecule has 182 valence electrons. The summed E-state index contributed by atoms with van der Waals surface area (Å²) in [5.41, 5.74) is 0.248. The van der Waals surface area contributed by atoms with Crippen LogP contribution in [-0.4, -0.2) is 0 Å². The Kier molecular flexibility index (Phi) is 10.9. The first-order valence-electron chi connectivity index (χ1n) is 13.7. The lowest BCUT2D eigenvalue weighted by Crippen LogP contribution is -2.15. The topological polar surface area (TPSA) is 23.8 Å². The van der Waals surface area contributed by atoms with Crippen LogP contribution in [0.15, 0.2) is 24.3 Å². The van der Waals surface area contributed by atoms with Crippen LogP contribution in [0.1, 0.15) is 127 Å². The maximum atomic E-state index is 14.0. The first kappa shape index (κ1) is 25.9. The average molecular weight is 456 g/mol. The van der Waals surface area contributed by atoms with E-state index in [0.717, 1.165) is 37.5 Å². The molecular weight excluding hydrogens is 412 g/mol. The molecule has 2 aliphatic rings. The van der Waals surface area contributed by atoms with Crippen LogP contribution in [0.25, 0.3) is 0 Å². The Hall–Kier alpha value is -1.69. The van der Waals surface area contributed by atoms with Crippen molar-refractivity contribution in [3.8, 4) is 6.07 Å². The van der Waals surface area contributed by atoms with Gasteiger partial charge in [-0.1, -0.05) is 70.4 Å². The molecule has 0 aliphatic heterocycles. The highest BCUT2D eigenvalue weighted by molar-refractivity contribution is 5.36. The van der Waals surface area contributed by atoms with E-state index in [4.69, 9.17) is 5.26 Å². The van der Waals surface area contributed by atoms with E-state index in [1.165, 1.54) is 89.2 Å². The monoisotopic (exact) mass is 455 g/mol. The van der Waals surface area contributed by atoms with Gasteiger partial charge in [0.2, 0.25) is 0 Å². The Morgan fingerprint density at radius 3 is 1.85 bits per heavy atom. The SMILES string of the molecule is CCCCCCCCCC1CCC(/C=C/C2CCC(c3cc(F)c(C#N)c(F)c3)CC2)CC1. The predicted molar refractivity (Wildman–Crippen MR) is 133 cm³/mol. The Morgan fingerprint density at radius 2 is 1.30 bits per heavy atom. The van der Waals surface area contributed by atoms with Gasteiger partial charge in [-0.05, 0) is 92.7 Å². The first-order chi connectivity index (χ1) is 16.1. The Labute approximate surface area is 200 Å². The molecule has 2 fully saturated rings. The highest BCUT2D eigenvalue weighted by atomic mass is 19.1. The summed E-state index contributed by atoms with van der Waals surface area (Å²) in [5, 5.41) is 8.86. The van der Waals surface area contributed by atoms with Crippen molar-refractivity contribution in [2.24, 2.45) is 17.8 Å². The van der Waals surface area contributed by atoms with Crippen molar-refractivity contribution < 1.29 is 8.78 Å². The van der Waals surface area contributed by atoms with Crippen LogP contribution in [0.4, 0.5) is 8.78 Å². The van der Waals surface area contributed by atoms with Crippen molar-refractivity contribution >= 4 is 0 Å². The van der Waals surface area contributed by atoms with E-state index in [-0.39, 0.29) is 5.92 Å². The molecule has 2 saturated carbocycles. The van der Waals surface area contributed by atoms with E-state index in [1.54, 1.807) is 6.07 Å². The predicted octanol–water partition coefficient (Wildman–Crippen LogP) is 9.61. The van der Waals surface area contributed by atoms with Crippen molar-refractivity contribution in [2.45, 2.75) is 116 Å². The van der Waals surface area contributed by atoms with Crippen molar-refractivity contribution in [3.63, 3.8) is 0 Å². The van der Waals surface area contributed by atoms with Gasteiger partial charge in [-0.3, -0.25) is 0 Å². The van der Waals surface area contributed by atoms with E-state index in [2.05, 4.69) is 19.1 Å². The normalized spacial score (nSPS) is 25.9. The van der Waals surface area contributed by atoms with Crippen LogP contribution < -0.4 is 0 Å². The summed E-state index contributed by atoms with van der Waals surface area (Å²) in [6, 6.07) is 4.35. The van der Waals surface area contributed by atoms with E-state index in [0.29, 0.717) is 11.5 Å². The number of allylic oxidation sites excluding steroid dienone is 2. The lowest BCUT2D eigenvalue weighted by molar-refractivity contribution is 0.287. The van der Waals surface area contributed by atoms with Gasteiger partial charge in [0.1, 0.15) is 23.3 Å². The highest BCUT2D eigenvalue weighted by Gasteiger charge is 2.24. The molecular formula is C30H43F2N. The van der Waals surface area contributed by atoms with Crippen molar-refractivity contribution in [1.29, 1.82) is 5.26 Å². The maximum absolute atomic E-state index is 14.0. The number of nitriles is 1. The minimum absolute atomic E-state index is 0.202. The molecule has 33 heavy (non-hydrogen) atoms. The quantitative estimate of drug-likeness (QED) is 0.241. The van der Waals surface area contributed by atoms with Gasteiger partial charge in [0.15, 0.2) is 0 Å². The van der Waals surface area contributed by atoms with Crippen LogP contribution in [-0.2, 0) is 0 Å². The first-order valence-corrected chi connectivity index (χ1v) is 13.7. The molecule has 1 aromatic carbocycles. The maximum Gasteiger partial charge on any atom is 0.144 e. The van der Waals surface area contributed by atoms with Gasteiger partial charge in [0.05, 0.1) is 0 Å². The van der Waals surface area contributed by atoms with E-state index in [9.17, 15) is 8.78 Å². The third-order valence-electron chi connectivity index (χ3n) is 8.18. The summed E-state index contributed by atoms with van der Waals surface area (Å²) in [4.78, 5) is 0. The zero-order valence-electron chi connectivity index (χ0n) is 20.6. The van der Waals surface area contributed by atoms with Crippen LogP contribution in [0.2, 0.25) is 0 Å². The lowest BCUT2D eigenvalue weighted by atomic mass is 9.76. The standard InChI is InChI=1S/C30H43F2N/c1-2-3-4-5-6-7-8-9-23-10-12-24(13-11-23)14-15-25-16-18-26(19-17-25)27-20-29(31)28(22-33)30(32)21-27/h14-15,20-21,23-26H,2-13,16-19H2,1H3/b15-14+. The fourth-order valence-corrected chi connectivity index (χ4v) is 5.95. The fraction of sp³-hybridized carbons (Fsp3) is 0.700. The molecule has 0 radical (unpaired) electrons. The fourth-order valence-electron chi connectivity index (χ4n) is 5.95. The number of hydrogen-bond donors (Lipinski definition) is 0. The molecule has 0 saturated heterocycles. The minimum Gasteiger partial charge on any atom is -0.205 e. The third kappa shape index (κ3) is 8.24.